The van der Waals surface area contributed by atoms with Crippen molar-refractivity contribution in [3.8, 4) is 6.07 Å². The van der Waals surface area contributed by atoms with Gasteiger partial charge in [0.2, 0.25) is 0 Å². The van der Waals surface area contributed by atoms with Gasteiger partial charge in [0, 0.05) is 9.64 Å². The molecule has 1 aliphatic heterocycles. The third kappa shape index (κ3) is 1.64. The minimum absolute atomic E-state index is 0.481. The normalized spacial score (nSPS) is 21.7. The van der Waals surface area contributed by atoms with Gasteiger partial charge in [-0.15, -0.1) is 11.8 Å². The fraction of sp³-hybridized carbons (Fsp3) is 0.500. The van der Waals surface area contributed by atoms with Gasteiger partial charge in [-0.3, -0.25) is 0 Å². The van der Waals surface area contributed by atoms with Crippen molar-refractivity contribution in [3.05, 3.63) is 29.3 Å². The smallest absolute Gasteiger partial charge is 0.0992 e. The highest BCUT2D eigenvalue weighted by Crippen LogP contribution is 2.52. The van der Waals surface area contributed by atoms with E-state index in [2.05, 4.69) is 18.2 Å². The van der Waals surface area contributed by atoms with E-state index in [1.807, 2.05) is 17.8 Å². The van der Waals surface area contributed by atoms with Crippen LogP contribution in [0.25, 0.3) is 0 Å². The van der Waals surface area contributed by atoms with E-state index < -0.39 is 0 Å². The van der Waals surface area contributed by atoms with E-state index in [1.165, 1.54) is 49.0 Å². The first-order chi connectivity index (χ1) is 7.81. The second kappa shape index (κ2) is 3.82. The molecule has 1 fully saturated rings. The van der Waals surface area contributed by atoms with Crippen LogP contribution < -0.4 is 0 Å². The van der Waals surface area contributed by atoms with Crippen molar-refractivity contribution in [3.63, 3.8) is 0 Å². The van der Waals surface area contributed by atoms with Gasteiger partial charge in [0.1, 0.15) is 0 Å². The SMILES string of the molecule is N#Cc1ccc2c(c1)SC1(CCCCC1)C2. The number of fused-ring (bicyclic) bond motifs is 1. The molecule has 1 saturated carbocycles. The molecule has 0 saturated heterocycles. The van der Waals surface area contributed by atoms with Crippen molar-refractivity contribution in [2.45, 2.75) is 48.2 Å². The molecule has 2 heteroatoms. The van der Waals surface area contributed by atoms with Crippen LogP contribution in [0.5, 0.6) is 0 Å². The van der Waals surface area contributed by atoms with Gasteiger partial charge in [-0.05, 0) is 37.0 Å². The van der Waals surface area contributed by atoms with Gasteiger partial charge in [0.15, 0.2) is 0 Å². The van der Waals surface area contributed by atoms with E-state index in [0.717, 1.165) is 5.56 Å². The Labute approximate surface area is 101 Å². The van der Waals surface area contributed by atoms with Crippen LogP contribution in [0.4, 0.5) is 0 Å². The zero-order valence-corrected chi connectivity index (χ0v) is 10.1. The molecule has 2 aliphatic rings. The Morgan fingerprint density at radius 3 is 2.75 bits per heavy atom. The van der Waals surface area contributed by atoms with Crippen molar-refractivity contribution in [2.24, 2.45) is 0 Å². The molecule has 1 aromatic rings. The van der Waals surface area contributed by atoms with Gasteiger partial charge in [0.25, 0.3) is 0 Å². The zero-order valence-electron chi connectivity index (χ0n) is 9.33. The van der Waals surface area contributed by atoms with E-state index in [0.29, 0.717) is 4.75 Å². The molecule has 16 heavy (non-hydrogen) atoms. The van der Waals surface area contributed by atoms with Gasteiger partial charge in [0.05, 0.1) is 11.6 Å². The quantitative estimate of drug-likeness (QED) is 0.673. The highest BCUT2D eigenvalue weighted by Gasteiger charge is 2.38. The maximum atomic E-state index is 8.91. The van der Waals surface area contributed by atoms with Crippen LogP contribution >= 0.6 is 11.8 Å². The molecule has 3 rings (SSSR count). The predicted octanol–water partition coefficient (Wildman–Crippen LogP) is 3.91. The van der Waals surface area contributed by atoms with Gasteiger partial charge in [-0.2, -0.15) is 5.26 Å². The number of rotatable bonds is 0. The molecule has 0 unspecified atom stereocenters. The number of nitriles is 1. The number of hydrogen-bond donors (Lipinski definition) is 0. The predicted molar refractivity (Wildman–Crippen MR) is 66.5 cm³/mol. The Morgan fingerprint density at radius 1 is 1.19 bits per heavy atom. The average Bonchev–Trinajstić information content (AvgIpc) is 2.66. The molecular weight excluding hydrogens is 214 g/mol. The summed E-state index contributed by atoms with van der Waals surface area (Å²) >= 11 is 2.04. The summed E-state index contributed by atoms with van der Waals surface area (Å²) in [7, 11) is 0. The molecule has 1 aromatic carbocycles. The molecule has 82 valence electrons. The van der Waals surface area contributed by atoms with Crippen LogP contribution in [0, 0.1) is 11.3 Å². The Bertz CT molecular complexity index is 452. The fourth-order valence-electron chi connectivity index (χ4n) is 2.96. The van der Waals surface area contributed by atoms with Crippen molar-refractivity contribution in [1.29, 1.82) is 5.26 Å². The maximum Gasteiger partial charge on any atom is 0.0992 e. The van der Waals surface area contributed by atoms with Crippen LogP contribution in [0.1, 0.15) is 43.2 Å². The largest absolute Gasteiger partial charge is 0.192 e. The lowest BCUT2D eigenvalue weighted by Gasteiger charge is -2.32. The summed E-state index contributed by atoms with van der Waals surface area (Å²) in [5, 5.41) is 8.91. The molecule has 0 aromatic heterocycles. The van der Waals surface area contributed by atoms with Gasteiger partial charge >= 0.3 is 0 Å². The lowest BCUT2D eigenvalue weighted by atomic mass is 9.84. The van der Waals surface area contributed by atoms with E-state index in [9.17, 15) is 0 Å². The fourth-order valence-corrected chi connectivity index (χ4v) is 4.60. The molecular formula is C14H15NS. The van der Waals surface area contributed by atoms with Crippen LogP contribution in [0.3, 0.4) is 0 Å². The summed E-state index contributed by atoms with van der Waals surface area (Å²) in [6.07, 6.45) is 8.10. The number of thioether (sulfide) groups is 1. The Morgan fingerprint density at radius 2 is 2.00 bits per heavy atom. The minimum atomic E-state index is 0.481. The number of benzene rings is 1. The molecule has 1 aliphatic carbocycles. The zero-order chi connectivity index (χ0) is 11.0. The molecule has 1 heterocycles. The summed E-state index contributed by atoms with van der Waals surface area (Å²) in [4.78, 5) is 1.36. The van der Waals surface area contributed by atoms with Crippen LogP contribution in [-0.2, 0) is 6.42 Å². The van der Waals surface area contributed by atoms with Gasteiger partial charge in [-0.25, -0.2) is 0 Å². The highest BCUT2D eigenvalue weighted by molar-refractivity contribution is 8.01. The molecule has 0 amide bonds. The first-order valence-corrected chi connectivity index (χ1v) is 6.85. The van der Waals surface area contributed by atoms with Crippen LogP contribution in [-0.4, -0.2) is 4.75 Å². The second-order valence-electron chi connectivity index (χ2n) is 4.96. The summed E-state index contributed by atoms with van der Waals surface area (Å²) in [5.41, 5.74) is 2.27. The van der Waals surface area contributed by atoms with Crippen molar-refractivity contribution < 1.29 is 0 Å². The van der Waals surface area contributed by atoms with Gasteiger partial charge in [-0.1, -0.05) is 25.3 Å². The summed E-state index contributed by atoms with van der Waals surface area (Å²) < 4.78 is 0.481. The third-order valence-electron chi connectivity index (χ3n) is 3.80. The lowest BCUT2D eigenvalue weighted by molar-refractivity contribution is 0.400. The Balaban J connectivity index is 1.91. The molecule has 0 atom stereocenters. The third-order valence-corrected chi connectivity index (χ3v) is 5.39. The maximum absolute atomic E-state index is 8.91. The Kier molecular flexibility index (Phi) is 2.44. The first-order valence-electron chi connectivity index (χ1n) is 6.03. The average molecular weight is 229 g/mol. The van der Waals surface area contributed by atoms with E-state index in [4.69, 9.17) is 5.26 Å². The van der Waals surface area contributed by atoms with Crippen LogP contribution in [0.15, 0.2) is 23.1 Å². The van der Waals surface area contributed by atoms with E-state index in [-0.39, 0.29) is 0 Å². The lowest BCUT2D eigenvalue weighted by Crippen LogP contribution is -2.26. The van der Waals surface area contributed by atoms with Crippen molar-refractivity contribution in [1.82, 2.24) is 0 Å². The summed E-state index contributed by atoms with van der Waals surface area (Å²) in [5.74, 6) is 0. The van der Waals surface area contributed by atoms with E-state index >= 15 is 0 Å². The molecule has 0 radical (unpaired) electrons. The highest BCUT2D eigenvalue weighted by atomic mass is 32.2. The molecule has 1 nitrogen and oxygen atoms in total. The topological polar surface area (TPSA) is 23.8 Å². The van der Waals surface area contributed by atoms with Gasteiger partial charge < -0.3 is 0 Å². The Hall–Kier alpha value is -0.940. The number of nitrogens with zero attached hydrogens (tertiary/aromatic N) is 1. The van der Waals surface area contributed by atoms with Crippen molar-refractivity contribution >= 4 is 11.8 Å². The molecule has 1 spiro atoms. The molecule has 0 N–H and O–H groups in total. The summed E-state index contributed by atoms with van der Waals surface area (Å²) in [6, 6.07) is 8.42. The monoisotopic (exact) mass is 229 g/mol. The molecule has 0 bridgehead atoms. The minimum Gasteiger partial charge on any atom is -0.192 e. The van der Waals surface area contributed by atoms with E-state index in [1.54, 1.807) is 0 Å². The standard InChI is InChI=1S/C14H15NS/c15-10-11-4-5-12-9-14(16-13(12)8-11)6-2-1-3-7-14/h4-5,8H,1-3,6-7,9H2. The second-order valence-corrected chi connectivity index (χ2v) is 6.47. The number of hydrogen-bond acceptors (Lipinski definition) is 2. The van der Waals surface area contributed by atoms with Crippen molar-refractivity contribution in [2.75, 3.05) is 0 Å². The summed E-state index contributed by atoms with van der Waals surface area (Å²) in [6.45, 7) is 0. The van der Waals surface area contributed by atoms with Crippen LogP contribution in [0.2, 0.25) is 0 Å². The first kappa shape index (κ1) is 10.2.